The number of fused-ring (bicyclic) bond motifs is 1. The van der Waals surface area contributed by atoms with Gasteiger partial charge in [0.25, 0.3) is 5.91 Å². The Bertz CT molecular complexity index is 1340. The standard InChI is InChI=1S/C22H25N5O7S2/c1-31-12-10-23-36(29,30)16-5-3-14(4-6-16)19(27-34-15-9-11-33-13-15)20(28)26-22-24-17-7-8-18(32-2)25-21(17)35-22/h3-8,15,23H,9-13H2,1-2H3,(H,24,26,28)/t15-/m1/s1. The van der Waals surface area contributed by atoms with Crippen LogP contribution < -0.4 is 14.8 Å². The number of nitrogens with zero attached hydrogens (tertiary/aromatic N) is 3. The molecule has 1 aliphatic rings. The largest absolute Gasteiger partial charge is 0.481 e. The Balaban J connectivity index is 1.56. The number of benzene rings is 1. The van der Waals surface area contributed by atoms with Crippen LogP contribution in [0.4, 0.5) is 5.13 Å². The van der Waals surface area contributed by atoms with Crippen LogP contribution in [0.2, 0.25) is 0 Å². The fraction of sp³-hybridized carbons (Fsp3) is 0.364. The quantitative estimate of drug-likeness (QED) is 0.213. The van der Waals surface area contributed by atoms with Gasteiger partial charge < -0.3 is 19.0 Å². The second kappa shape index (κ2) is 11.7. The lowest BCUT2D eigenvalue weighted by atomic mass is 10.1. The van der Waals surface area contributed by atoms with Gasteiger partial charge in [-0.1, -0.05) is 28.6 Å². The molecule has 3 heterocycles. The van der Waals surface area contributed by atoms with E-state index in [2.05, 4.69) is 25.2 Å². The second-order valence-electron chi connectivity index (χ2n) is 7.60. The van der Waals surface area contributed by atoms with E-state index in [0.29, 0.717) is 46.6 Å². The number of anilines is 1. The van der Waals surface area contributed by atoms with E-state index in [1.54, 1.807) is 12.1 Å². The third-order valence-electron chi connectivity index (χ3n) is 5.09. The van der Waals surface area contributed by atoms with E-state index in [0.717, 1.165) is 0 Å². The van der Waals surface area contributed by atoms with E-state index >= 15 is 0 Å². The molecule has 14 heteroatoms. The molecule has 0 unspecified atom stereocenters. The first-order valence-corrected chi connectivity index (χ1v) is 13.2. The maximum atomic E-state index is 13.2. The highest BCUT2D eigenvalue weighted by atomic mass is 32.2. The van der Waals surface area contributed by atoms with Gasteiger partial charge in [0.05, 0.1) is 31.8 Å². The molecule has 2 aromatic heterocycles. The van der Waals surface area contributed by atoms with Crippen LogP contribution in [0, 0.1) is 0 Å². The van der Waals surface area contributed by atoms with Crippen molar-refractivity contribution in [3.05, 3.63) is 42.0 Å². The van der Waals surface area contributed by atoms with Crippen LogP contribution in [0.3, 0.4) is 0 Å². The molecule has 0 saturated carbocycles. The van der Waals surface area contributed by atoms with Crippen molar-refractivity contribution in [2.45, 2.75) is 17.4 Å². The van der Waals surface area contributed by atoms with Crippen molar-refractivity contribution in [3.63, 3.8) is 0 Å². The number of hydrogen-bond acceptors (Lipinski definition) is 11. The smallest absolute Gasteiger partial charge is 0.280 e. The lowest BCUT2D eigenvalue weighted by molar-refractivity contribution is -0.110. The molecule has 0 radical (unpaired) electrons. The summed E-state index contributed by atoms with van der Waals surface area (Å²) in [6.07, 6.45) is 0.366. The molecule has 3 aromatic rings. The predicted octanol–water partition coefficient (Wildman–Crippen LogP) is 1.77. The fourth-order valence-electron chi connectivity index (χ4n) is 3.23. The minimum absolute atomic E-state index is 0.0389. The molecule has 36 heavy (non-hydrogen) atoms. The Morgan fingerprint density at radius 1 is 1.19 bits per heavy atom. The van der Waals surface area contributed by atoms with Crippen molar-refractivity contribution < 1.29 is 32.3 Å². The normalized spacial score (nSPS) is 16.3. The molecule has 2 N–H and O–H groups in total. The van der Waals surface area contributed by atoms with Gasteiger partial charge in [0.15, 0.2) is 16.9 Å². The number of aromatic nitrogens is 2. The van der Waals surface area contributed by atoms with Gasteiger partial charge in [0, 0.05) is 31.7 Å². The highest BCUT2D eigenvalue weighted by Crippen LogP contribution is 2.26. The van der Waals surface area contributed by atoms with Crippen molar-refractivity contribution in [2.75, 3.05) is 45.9 Å². The molecule has 1 amide bonds. The number of hydrogen-bond donors (Lipinski definition) is 2. The van der Waals surface area contributed by atoms with Gasteiger partial charge in [-0.2, -0.15) is 0 Å². The van der Waals surface area contributed by atoms with Crippen LogP contribution in [0.25, 0.3) is 10.3 Å². The summed E-state index contributed by atoms with van der Waals surface area (Å²) in [6.45, 7) is 1.29. The van der Waals surface area contributed by atoms with E-state index in [1.807, 2.05) is 0 Å². The average molecular weight is 536 g/mol. The summed E-state index contributed by atoms with van der Waals surface area (Å²) in [5.74, 6) is -0.140. The molecule has 1 atom stereocenters. The second-order valence-corrected chi connectivity index (χ2v) is 10.3. The Morgan fingerprint density at radius 2 is 2.00 bits per heavy atom. The highest BCUT2D eigenvalue weighted by Gasteiger charge is 2.22. The lowest BCUT2D eigenvalue weighted by Crippen LogP contribution is -2.27. The van der Waals surface area contributed by atoms with E-state index < -0.39 is 15.9 Å². The van der Waals surface area contributed by atoms with Crippen LogP contribution in [0.5, 0.6) is 5.88 Å². The van der Waals surface area contributed by atoms with E-state index in [1.165, 1.54) is 49.8 Å². The molecule has 0 bridgehead atoms. The zero-order valence-corrected chi connectivity index (χ0v) is 21.2. The van der Waals surface area contributed by atoms with Crippen LogP contribution in [0.15, 0.2) is 46.4 Å². The number of thiazole rings is 1. The van der Waals surface area contributed by atoms with Gasteiger partial charge in [-0.15, -0.1) is 0 Å². The molecule has 12 nitrogen and oxygen atoms in total. The number of ether oxygens (including phenoxy) is 3. The van der Waals surface area contributed by atoms with Crippen molar-refractivity contribution >= 4 is 48.5 Å². The number of amides is 1. The van der Waals surface area contributed by atoms with Crippen molar-refractivity contribution in [3.8, 4) is 5.88 Å². The van der Waals surface area contributed by atoms with Crippen LogP contribution in [-0.2, 0) is 29.1 Å². The van der Waals surface area contributed by atoms with Crippen molar-refractivity contribution in [1.29, 1.82) is 0 Å². The molecular formula is C22H25N5O7S2. The maximum absolute atomic E-state index is 13.2. The molecular weight excluding hydrogens is 510 g/mol. The summed E-state index contributed by atoms with van der Waals surface area (Å²) in [5.41, 5.74) is 0.927. The minimum atomic E-state index is -3.73. The topological polar surface area (TPSA) is 150 Å². The number of nitrogens with one attached hydrogen (secondary N) is 2. The number of rotatable bonds is 11. The van der Waals surface area contributed by atoms with Gasteiger partial charge in [-0.3, -0.25) is 10.1 Å². The predicted molar refractivity (Wildman–Crippen MR) is 133 cm³/mol. The average Bonchev–Trinajstić information content (AvgIpc) is 3.53. The highest BCUT2D eigenvalue weighted by molar-refractivity contribution is 7.89. The van der Waals surface area contributed by atoms with E-state index in [-0.39, 0.29) is 29.9 Å². The Labute approximate surface area is 211 Å². The van der Waals surface area contributed by atoms with Gasteiger partial charge in [0.1, 0.15) is 10.3 Å². The summed E-state index contributed by atoms with van der Waals surface area (Å²) in [7, 11) is -0.735. The van der Waals surface area contributed by atoms with Crippen LogP contribution in [-0.4, -0.2) is 76.7 Å². The molecule has 0 aliphatic carbocycles. The Kier molecular flexibility index (Phi) is 8.43. The molecule has 1 fully saturated rings. The number of oxime groups is 1. The van der Waals surface area contributed by atoms with E-state index in [9.17, 15) is 13.2 Å². The molecule has 1 aliphatic heterocycles. The van der Waals surface area contributed by atoms with Crippen LogP contribution >= 0.6 is 11.3 Å². The number of carbonyl (C=O) groups is 1. The Hall–Kier alpha value is -3.17. The third-order valence-corrected chi connectivity index (χ3v) is 7.45. The molecule has 1 aromatic carbocycles. The summed E-state index contributed by atoms with van der Waals surface area (Å²) in [5, 5.41) is 7.13. The van der Waals surface area contributed by atoms with Gasteiger partial charge >= 0.3 is 0 Å². The summed E-state index contributed by atoms with van der Waals surface area (Å²) in [6, 6.07) is 9.17. The monoisotopic (exact) mass is 535 g/mol. The zero-order valence-electron chi connectivity index (χ0n) is 19.6. The first-order chi connectivity index (χ1) is 17.4. The maximum Gasteiger partial charge on any atom is 0.280 e. The first kappa shape index (κ1) is 25.9. The third kappa shape index (κ3) is 6.33. The minimum Gasteiger partial charge on any atom is -0.481 e. The SMILES string of the molecule is COCCNS(=O)(=O)c1ccc(C(=NO[C@@H]2CCOC2)C(=O)Nc2nc3ccc(OC)nc3s2)cc1. The lowest BCUT2D eigenvalue weighted by Gasteiger charge is -2.11. The Morgan fingerprint density at radius 3 is 2.69 bits per heavy atom. The molecule has 192 valence electrons. The number of pyridine rings is 1. The van der Waals surface area contributed by atoms with Gasteiger partial charge in [-0.05, 0) is 18.2 Å². The molecule has 0 spiro atoms. The fourth-order valence-corrected chi connectivity index (χ4v) is 5.06. The number of carbonyl (C=O) groups excluding carboxylic acids is 1. The van der Waals surface area contributed by atoms with Gasteiger partial charge in [-0.25, -0.2) is 23.1 Å². The van der Waals surface area contributed by atoms with Crippen molar-refractivity contribution in [2.24, 2.45) is 5.16 Å². The molecule has 4 rings (SSSR count). The number of sulfonamides is 1. The van der Waals surface area contributed by atoms with Gasteiger partial charge in [0.2, 0.25) is 15.9 Å². The zero-order chi connectivity index (χ0) is 25.5. The van der Waals surface area contributed by atoms with Crippen molar-refractivity contribution in [1.82, 2.24) is 14.7 Å². The summed E-state index contributed by atoms with van der Waals surface area (Å²) in [4.78, 5) is 28.1. The van der Waals surface area contributed by atoms with E-state index in [4.69, 9.17) is 19.0 Å². The summed E-state index contributed by atoms with van der Waals surface area (Å²) >= 11 is 1.18. The molecule has 1 saturated heterocycles. The first-order valence-electron chi connectivity index (χ1n) is 10.9. The number of methoxy groups -OCH3 is 2. The van der Waals surface area contributed by atoms with Crippen LogP contribution in [0.1, 0.15) is 12.0 Å². The summed E-state index contributed by atoms with van der Waals surface area (Å²) < 4.78 is 42.7.